The molecule has 3 heterocycles. The number of Topliss-reactive ketones (excluding diaryl/α,β-unsaturated/α-hetero) is 1. The van der Waals surface area contributed by atoms with Crippen molar-refractivity contribution in [3.63, 3.8) is 0 Å². The smallest absolute Gasteiger partial charge is 0.193 e. The van der Waals surface area contributed by atoms with E-state index in [0.29, 0.717) is 21.6 Å². The highest BCUT2D eigenvalue weighted by Crippen LogP contribution is 2.43. The number of para-hydroxylation sites is 1. The number of phenolic OH excluding ortho intramolecular Hbond substituents is 1. The van der Waals surface area contributed by atoms with Crippen LogP contribution in [0.2, 0.25) is 5.02 Å². The van der Waals surface area contributed by atoms with Crippen LogP contribution in [0.3, 0.4) is 0 Å². The van der Waals surface area contributed by atoms with Crippen LogP contribution in [0.15, 0.2) is 89.0 Å². The van der Waals surface area contributed by atoms with Crippen molar-refractivity contribution in [3.8, 4) is 17.1 Å². The molecule has 2 aromatic heterocycles. The SMILES string of the molecule is O=C(CC1c2cc3ccccc3nc2Sc2nc(-c3ccc(O)cc3)nn21)c1ccc(Cl)cc1. The van der Waals surface area contributed by atoms with Crippen molar-refractivity contribution in [2.24, 2.45) is 0 Å². The zero-order valence-electron chi connectivity index (χ0n) is 17.7. The molecule has 1 aliphatic rings. The van der Waals surface area contributed by atoms with E-state index in [2.05, 4.69) is 6.07 Å². The van der Waals surface area contributed by atoms with Crippen molar-refractivity contribution < 1.29 is 9.90 Å². The summed E-state index contributed by atoms with van der Waals surface area (Å²) in [6, 6.07) is 23.3. The van der Waals surface area contributed by atoms with Crippen LogP contribution in [-0.4, -0.2) is 30.6 Å². The third kappa shape index (κ3) is 3.73. The summed E-state index contributed by atoms with van der Waals surface area (Å²) < 4.78 is 1.82. The van der Waals surface area contributed by atoms with Crippen LogP contribution in [0.4, 0.5) is 0 Å². The molecule has 0 bridgehead atoms. The van der Waals surface area contributed by atoms with Crippen LogP contribution in [0.25, 0.3) is 22.3 Å². The van der Waals surface area contributed by atoms with Gasteiger partial charge in [0.15, 0.2) is 16.8 Å². The van der Waals surface area contributed by atoms with Crippen LogP contribution in [0.5, 0.6) is 5.75 Å². The third-order valence-corrected chi connectivity index (χ3v) is 7.06. The van der Waals surface area contributed by atoms with Crippen molar-refractivity contribution in [2.75, 3.05) is 0 Å². The molecule has 0 spiro atoms. The summed E-state index contributed by atoms with van der Waals surface area (Å²) in [6.45, 7) is 0. The Balaban J connectivity index is 1.46. The first-order valence-corrected chi connectivity index (χ1v) is 11.9. The van der Waals surface area contributed by atoms with E-state index < -0.39 is 0 Å². The van der Waals surface area contributed by atoms with Crippen molar-refractivity contribution >= 4 is 40.0 Å². The number of aromatic hydroxyl groups is 1. The van der Waals surface area contributed by atoms with Gasteiger partial charge in [-0.15, -0.1) is 5.10 Å². The summed E-state index contributed by atoms with van der Waals surface area (Å²) in [4.78, 5) is 22.9. The van der Waals surface area contributed by atoms with Gasteiger partial charge in [-0.1, -0.05) is 29.8 Å². The van der Waals surface area contributed by atoms with E-state index in [1.54, 1.807) is 48.5 Å². The van der Waals surface area contributed by atoms with E-state index in [-0.39, 0.29) is 24.0 Å². The minimum Gasteiger partial charge on any atom is -0.508 e. The monoisotopic (exact) mass is 484 g/mol. The lowest BCUT2D eigenvalue weighted by Crippen LogP contribution is -2.21. The Morgan fingerprint density at radius 1 is 1.00 bits per heavy atom. The van der Waals surface area contributed by atoms with Crippen molar-refractivity contribution in [2.45, 2.75) is 22.6 Å². The van der Waals surface area contributed by atoms with Crippen LogP contribution in [0, 0.1) is 0 Å². The van der Waals surface area contributed by atoms with Crippen molar-refractivity contribution in [1.29, 1.82) is 0 Å². The van der Waals surface area contributed by atoms with Crippen LogP contribution in [0.1, 0.15) is 28.4 Å². The Morgan fingerprint density at radius 3 is 2.56 bits per heavy atom. The molecule has 1 unspecified atom stereocenters. The van der Waals surface area contributed by atoms with Gasteiger partial charge in [-0.25, -0.2) is 14.6 Å². The molecule has 166 valence electrons. The van der Waals surface area contributed by atoms with E-state index in [9.17, 15) is 9.90 Å². The first-order valence-electron chi connectivity index (χ1n) is 10.7. The molecule has 0 fully saturated rings. The van der Waals surface area contributed by atoms with E-state index in [0.717, 1.165) is 27.1 Å². The molecule has 0 amide bonds. The van der Waals surface area contributed by atoms with Gasteiger partial charge in [-0.3, -0.25) is 4.79 Å². The second-order valence-corrected chi connectivity index (χ2v) is 9.43. The number of phenols is 1. The number of pyridine rings is 1. The fourth-order valence-corrected chi connectivity index (χ4v) is 5.24. The first kappa shape index (κ1) is 20.9. The number of ketones is 1. The van der Waals surface area contributed by atoms with Gasteiger partial charge in [-0.2, -0.15) is 0 Å². The molecule has 8 heteroatoms. The van der Waals surface area contributed by atoms with E-state index in [1.807, 2.05) is 28.9 Å². The highest BCUT2D eigenvalue weighted by atomic mass is 35.5. The maximum Gasteiger partial charge on any atom is 0.193 e. The molecule has 1 aliphatic heterocycles. The molecule has 0 saturated carbocycles. The number of benzene rings is 3. The predicted molar refractivity (Wildman–Crippen MR) is 132 cm³/mol. The van der Waals surface area contributed by atoms with Gasteiger partial charge in [0, 0.05) is 33.5 Å². The zero-order chi connectivity index (χ0) is 23.2. The Labute approximate surface area is 204 Å². The van der Waals surface area contributed by atoms with Crippen LogP contribution in [-0.2, 0) is 0 Å². The van der Waals surface area contributed by atoms with Gasteiger partial charge in [0.1, 0.15) is 10.8 Å². The zero-order valence-corrected chi connectivity index (χ0v) is 19.3. The quantitative estimate of drug-likeness (QED) is 0.307. The maximum absolute atomic E-state index is 13.3. The molecule has 5 aromatic rings. The molecule has 6 rings (SSSR count). The summed E-state index contributed by atoms with van der Waals surface area (Å²) in [5.41, 5.74) is 3.22. The van der Waals surface area contributed by atoms with E-state index >= 15 is 0 Å². The highest BCUT2D eigenvalue weighted by Gasteiger charge is 2.32. The normalized spacial score (nSPS) is 14.6. The number of nitrogens with zero attached hydrogens (tertiary/aromatic N) is 4. The molecular formula is C26H17ClN4O2S. The Bertz CT molecular complexity index is 1550. The standard InChI is InChI=1S/C26H17ClN4O2S/c27-18-9-5-15(6-10-18)23(33)14-22-20-13-17-3-1-2-4-21(17)28-25(20)34-26-29-24(30-31(22)26)16-7-11-19(32)12-8-16/h1-13,22,32H,14H2. The third-order valence-electron chi connectivity index (χ3n) is 5.83. The minimum atomic E-state index is -0.357. The summed E-state index contributed by atoms with van der Waals surface area (Å²) >= 11 is 7.45. The summed E-state index contributed by atoms with van der Waals surface area (Å²) in [5.74, 6) is 0.695. The minimum absolute atomic E-state index is 0.0136. The number of hydrogen-bond donors (Lipinski definition) is 1. The molecule has 34 heavy (non-hydrogen) atoms. The Morgan fingerprint density at radius 2 is 1.76 bits per heavy atom. The Hall–Kier alpha value is -3.68. The second kappa shape index (κ2) is 8.27. The molecule has 3 aromatic carbocycles. The fourth-order valence-electron chi connectivity index (χ4n) is 4.09. The molecule has 0 saturated heterocycles. The lowest BCUT2D eigenvalue weighted by Gasteiger charge is -2.25. The molecule has 0 radical (unpaired) electrons. The van der Waals surface area contributed by atoms with Gasteiger partial charge in [0.25, 0.3) is 0 Å². The highest BCUT2D eigenvalue weighted by molar-refractivity contribution is 7.99. The average Bonchev–Trinajstić information content (AvgIpc) is 3.27. The number of fused-ring (bicyclic) bond motifs is 3. The van der Waals surface area contributed by atoms with E-state index in [1.165, 1.54) is 11.8 Å². The Kier molecular flexibility index (Phi) is 5.08. The van der Waals surface area contributed by atoms with Crippen LogP contribution >= 0.6 is 23.4 Å². The van der Waals surface area contributed by atoms with Crippen molar-refractivity contribution in [1.82, 2.24) is 19.7 Å². The number of aromatic nitrogens is 4. The number of rotatable bonds is 4. The van der Waals surface area contributed by atoms with Gasteiger partial charge < -0.3 is 5.11 Å². The van der Waals surface area contributed by atoms with Gasteiger partial charge in [-0.05, 0) is 72.4 Å². The predicted octanol–water partition coefficient (Wildman–Crippen LogP) is 6.18. The van der Waals surface area contributed by atoms with E-state index in [4.69, 9.17) is 26.7 Å². The second-order valence-electron chi connectivity index (χ2n) is 8.04. The number of carbonyl (C=O) groups excluding carboxylic acids is 1. The fraction of sp³-hybridized carbons (Fsp3) is 0.0769. The topological polar surface area (TPSA) is 80.9 Å². The summed E-state index contributed by atoms with van der Waals surface area (Å²) in [7, 11) is 0. The molecule has 0 aliphatic carbocycles. The number of carbonyl (C=O) groups is 1. The van der Waals surface area contributed by atoms with Gasteiger partial charge in [0.05, 0.1) is 11.6 Å². The van der Waals surface area contributed by atoms with Gasteiger partial charge >= 0.3 is 0 Å². The summed E-state index contributed by atoms with van der Waals surface area (Å²) in [6.07, 6.45) is 0.209. The maximum atomic E-state index is 13.3. The first-order chi connectivity index (χ1) is 16.5. The molecule has 1 N–H and O–H groups in total. The molecule has 1 atom stereocenters. The average molecular weight is 485 g/mol. The van der Waals surface area contributed by atoms with Gasteiger partial charge in [0.2, 0.25) is 0 Å². The lowest BCUT2D eigenvalue weighted by atomic mass is 9.98. The molecular weight excluding hydrogens is 468 g/mol. The molecule has 6 nitrogen and oxygen atoms in total. The van der Waals surface area contributed by atoms with Crippen molar-refractivity contribution in [3.05, 3.63) is 95.0 Å². The lowest BCUT2D eigenvalue weighted by molar-refractivity contribution is 0.0964. The summed E-state index contributed by atoms with van der Waals surface area (Å²) in [5, 5.41) is 17.5. The largest absolute Gasteiger partial charge is 0.508 e. The number of halogens is 1. The number of hydrogen-bond acceptors (Lipinski definition) is 6. The van der Waals surface area contributed by atoms with Crippen LogP contribution < -0.4 is 0 Å².